The van der Waals surface area contributed by atoms with Crippen molar-refractivity contribution in [2.75, 3.05) is 19.6 Å². The van der Waals surface area contributed by atoms with Crippen LogP contribution in [0.2, 0.25) is 0 Å². The Labute approximate surface area is 111 Å². The van der Waals surface area contributed by atoms with Gasteiger partial charge in [-0.3, -0.25) is 4.79 Å². The zero-order chi connectivity index (χ0) is 13.1. The van der Waals surface area contributed by atoms with E-state index in [-0.39, 0.29) is 5.91 Å². The minimum atomic E-state index is -0.00960. The number of amides is 1. The zero-order valence-corrected chi connectivity index (χ0v) is 10.7. The minimum absolute atomic E-state index is 0.00960. The molecular weight excluding hydrogens is 238 g/mol. The molecular formula is C15H17N3O. The van der Waals surface area contributed by atoms with E-state index in [1.807, 2.05) is 30.5 Å². The molecule has 3 rings (SSSR count). The summed E-state index contributed by atoms with van der Waals surface area (Å²) in [5.74, 6) is -0.00960. The average molecular weight is 255 g/mol. The summed E-state index contributed by atoms with van der Waals surface area (Å²) in [5, 5.41) is 7.23. The topological polar surface area (TPSA) is 56.9 Å². The van der Waals surface area contributed by atoms with Gasteiger partial charge >= 0.3 is 0 Å². The Morgan fingerprint density at radius 3 is 3.11 bits per heavy atom. The van der Waals surface area contributed by atoms with Crippen LogP contribution in [0.5, 0.6) is 0 Å². The lowest BCUT2D eigenvalue weighted by molar-refractivity contribution is 0.0958. The number of H-pyrrole nitrogens is 1. The molecule has 0 saturated heterocycles. The Hall–Kier alpha value is -2.07. The normalized spacial score (nSPS) is 15.3. The van der Waals surface area contributed by atoms with Crippen molar-refractivity contribution in [2.45, 2.75) is 6.42 Å². The van der Waals surface area contributed by atoms with E-state index < -0.39 is 0 Å². The number of carbonyl (C=O) groups is 1. The van der Waals surface area contributed by atoms with Gasteiger partial charge in [0, 0.05) is 35.8 Å². The van der Waals surface area contributed by atoms with Gasteiger partial charge in [-0.1, -0.05) is 17.7 Å². The van der Waals surface area contributed by atoms with E-state index >= 15 is 0 Å². The molecule has 0 unspecified atom stereocenters. The molecule has 19 heavy (non-hydrogen) atoms. The number of benzene rings is 1. The Morgan fingerprint density at radius 1 is 1.32 bits per heavy atom. The van der Waals surface area contributed by atoms with Gasteiger partial charge in [-0.25, -0.2) is 0 Å². The highest BCUT2D eigenvalue weighted by molar-refractivity contribution is 6.06. The molecule has 1 aromatic carbocycles. The Morgan fingerprint density at radius 2 is 2.26 bits per heavy atom. The van der Waals surface area contributed by atoms with Crippen LogP contribution in [0.15, 0.2) is 42.1 Å². The van der Waals surface area contributed by atoms with Gasteiger partial charge in [0.1, 0.15) is 0 Å². The molecule has 1 aliphatic heterocycles. The molecule has 0 aliphatic carbocycles. The second-order valence-corrected chi connectivity index (χ2v) is 4.74. The number of rotatable bonds is 3. The summed E-state index contributed by atoms with van der Waals surface area (Å²) in [6, 6.07) is 7.68. The van der Waals surface area contributed by atoms with E-state index in [0.29, 0.717) is 6.54 Å². The van der Waals surface area contributed by atoms with Crippen LogP contribution in [0.3, 0.4) is 0 Å². The quantitative estimate of drug-likeness (QED) is 0.733. The molecule has 0 bridgehead atoms. The summed E-state index contributed by atoms with van der Waals surface area (Å²) in [5.41, 5.74) is 3.02. The fraction of sp³-hybridized carbons (Fsp3) is 0.267. The minimum Gasteiger partial charge on any atom is -0.361 e. The van der Waals surface area contributed by atoms with Crippen molar-refractivity contribution < 1.29 is 4.79 Å². The highest BCUT2D eigenvalue weighted by Gasteiger charge is 2.11. The SMILES string of the molecule is O=C(NCC1=CCNCC1)c1cccc2[nH]ccc12. The molecule has 3 N–H and O–H groups in total. The van der Waals surface area contributed by atoms with Crippen LogP contribution < -0.4 is 10.6 Å². The van der Waals surface area contributed by atoms with Crippen molar-refractivity contribution in [3.63, 3.8) is 0 Å². The van der Waals surface area contributed by atoms with E-state index in [9.17, 15) is 4.79 Å². The van der Waals surface area contributed by atoms with Crippen molar-refractivity contribution in [1.82, 2.24) is 15.6 Å². The third-order valence-corrected chi connectivity index (χ3v) is 3.47. The molecule has 2 heterocycles. The number of aromatic nitrogens is 1. The molecule has 0 saturated carbocycles. The van der Waals surface area contributed by atoms with E-state index in [2.05, 4.69) is 21.7 Å². The van der Waals surface area contributed by atoms with Crippen molar-refractivity contribution in [1.29, 1.82) is 0 Å². The number of hydrogen-bond acceptors (Lipinski definition) is 2. The standard InChI is InChI=1S/C15H17N3O/c19-15(18-10-11-4-7-16-8-5-11)13-2-1-3-14-12(13)6-9-17-14/h1-4,6,9,16-17H,5,7-8,10H2,(H,18,19). The highest BCUT2D eigenvalue weighted by atomic mass is 16.1. The highest BCUT2D eigenvalue weighted by Crippen LogP contribution is 2.17. The van der Waals surface area contributed by atoms with E-state index in [1.165, 1.54) is 5.57 Å². The number of aromatic amines is 1. The molecule has 2 aromatic rings. The Bertz CT molecular complexity index is 627. The maximum atomic E-state index is 12.2. The van der Waals surface area contributed by atoms with Gasteiger partial charge in [-0.2, -0.15) is 0 Å². The molecule has 98 valence electrons. The first-order chi connectivity index (χ1) is 9.34. The largest absolute Gasteiger partial charge is 0.361 e. The Kier molecular flexibility index (Phi) is 3.33. The lowest BCUT2D eigenvalue weighted by Crippen LogP contribution is -2.29. The van der Waals surface area contributed by atoms with Crippen LogP contribution >= 0.6 is 0 Å². The van der Waals surface area contributed by atoms with Gasteiger partial charge in [0.15, 0.2) is 0 Å². The summed E-state index contributed by atoms with van der Waals surface area (Å²) in [4.78, 5) is 15.4. The molecule has 1 amide bonds. The second-order valence-electron chi connectivity index (χ2n) is 4.74. The molecule has 1 aromatic heterocycles. The fourth-order valence-electron chi connectivity index (χ4n) is 2.40. The van der Waals surface area contributed by atoms with Gasteiger partial charge in [0.2, 0.25) is 0 Å². The Balaban J connectivity index is 1.73. The molecule has 4 heteroatoms. The predicted octanol–water partition coefficient (Wildman–Crippen LogP) is 1.82. The zero-order valence-electron chi connectivity index (χ0n) is 10.7. The third-order valence-electron chi connectivity index (χ3n) is 3.47. The first-order valence-corrected chi connectivity index (χ1v) is 6.57. The molecule has 0 atom stereocenters. The molecule has 0 radical (unpaired) electrons. The number of nitrogens with one attached hydrogen (secondary N) is 3. The number of carbonyl (C=O) groups excluding carboxylic acids is 1. The smallest absolute Gasteiger partial charge is 0.252 e. The maximum Gasteiger partial charge on any atom is 0.252 e. The van der Waals surface area contributed by atoms with Crippen molar-refractivity contribution in [3.8, 4) is 0 Å². The van der Waals surface area contributed by atoms with Crippen LogP contribution in [0.4, 0.5) is 0 Å². The molecule has 0 spiro atoms. The summed E-state index contributed by atoms with van der Waals surface area (Å²) in [6.45, 7) is 2.54. The van der Waals surface area contributed by atoms with Crippen LogP contribution in [-0.4, -0.2) is 30.5 Å². The second kappa shape index (κ2) is 5.28. The van der Waals surface area contributed by atoms with Crippen molar-refractivity contribution in [2.24, 2.45) is 0 Å². The lowest BCUT2D eigenvalue weighted by atomic mass is 10.1. The van der Waals surface area contributed by atoms with Gasteiger partial charge in [0.25, 0.3) is 5.91 Å². The molecule has 0 fully saturated rings. The van der Waals surface area contributed by atoms with Crippen LogP contribution in [-0.2, 0) is 0 Å². The summed E-state index contributed by atoms with van der Waals surface area (Å²) < 4.78 is 0. The molecule has 4 nitrogen and oxygen atoms in total. The predicted molar refractivity (Wildman–Crippen MR) is 76.2 cm³/mol. The van der Waals surface area contributed by atoms with E-state index in [1.54, 1.807) is 0 Å². The third kappa shape index (κ3) is 2.53. The summed E-state index contributed by atoms with van der Waals surface area (Å²) in [7, 11) is 0. The lowest BCUT2D eigenvalue weighted by Gasteiger charge is -2.14. The van der Waals surface area contributed by atoms with Crippen molar-refractivity contribution >= 4 is 16.8 Å². The van der Waals surface area contributed by atoms with Gasteiger partial charge in [-0.15, -0.1) is 0 Å². The summed E-state index contributed by atoms with van der Waals surface area (Å²) >= 11 is 0. The first kappa shape index (κ1) is 12.0. The monoisotopic (exact) mass is 255 g/mol. The maximum absolute atomic E-state index is 12.2. The number of hydrogen-bond donors (Lipinski definition) is 3. The summed E-state index contributed by atoms with van der Waals surface area (Å²) in [6.07, 6.45) is 5.02. The van der Waals surface area contributed by atoms with Gasteiger partial charge in [0.05, 0.1) is 0 Å². The van der Waals surface area contributed by atoms with Gasteiger partial charge in [-0.05, 0) is 31.2 Å². The van der Waals surface area contributed by atoms with Crippen LogP contribution in [0, 0.1) is 0 Å². The van der Waals surface area contributed by atoms with E-state index in [4.69, 9.17) is 0 Å². The van der Waals surface area contributed by atoms with Crippen LogP contribution in [0.25, 0.3) is 10.9 Å². The van der Waals surface area contributed by atoms with E-state index in [0.717, 1.165) is 36.0 Å². The van der Waals surface area contributed by atoms with Crippen LogP contribution in [0.1, 0.15) is 16.8 Å². The molecule has 1 aliphatic rings. The van der Waals surface area contributed by atoms with Crippen molar-refractivity contribution in [3.05, 3.63) is 47.7 Å². The first-order valence-electron chi connectivity index (χ1n) is 6.57. The fourth-order valence-corrected chi connectivity index (χ4v) is 2.40. The average Bonchev–Trinajstić information content (AvgIpc) is 2.94. The number of fused-ring (bicyclic) bond motifs is 1. The van der Waals surface area contributed by atoms with Gasteiger partial charge < -0.3 is 15.6 Å².